The van der Waals surface area contributed by atoms with Gasteiger partial charge in [-0.3, -0.25) is 10.1 Å². The minimum atomic E-state index is -0.657. The summed E-state index contributed by atoms with van der Waals surface area (Å²) in [4.78, 5) is 27.4. The second kappa shape index (κ2) is 6.07. The number of nitro benzene ring substituents is 1. The molecule has 20 heavy (non-hydrogen) atoms. The van der Waals surface area contributed by atoms with Crippen molar-refractivity contribution in [3.8, 4) is 0 Å². The Kier molecular flexibility index (Phi) is 4.21. The monoisotopic (exact) mass is 290 g/mol. The fraction of sp³-hybridized carbons (Fsp3) is 0.0769. The zero-order valence-electron chi connectivity index (χ0n) is 10.5. The number of nitrogens with zero attached hydrogens (tertiary/aromatic N) is 2. The van der Waals surface area contributed by atoms with Gasteiger partial charge in [0.05, 0.1) is 21.1 Å². The van der Waals surface area contributed by atoms with Gasteiger partial charge < -0.3 is 4.84 Å². The summed E-state index contributed by atoms with van der Waals surface area (Å²) >= 11 is 1.49. The van der Waals surface area contributed by atoms with Gasteiger partial charge in [0.1, 0.15) is 0 Å². The number of hydrogen-bond donors (Lipinski definition) is 0. The van der Waals surface area contributed by atoms with E-state index in [1.54, 1.807) is 6.92 Å². The molecule has 0 aliphatic heterocycles. The van der Waals surface area contributed by atoms with Gasteiger partial charge in [-0.05, 0) is 30.5 Å². The Bertz CT molecular complexity index is 648. The molecule has 0 spiro atoms. The lowest BCUT2D eigenvalue weighted by Gasteiger charge is -1.99. The van der Waals surface area contributed by atoms with Gasteiger partial charge in [0.25, 0.3) is 5.69 Å². The Labute approximate surface area is 118 Å². The van der Waals surface area contributed by atoms with Gasteiger partial charge in [-0.15, -0.1) is 11.3 Å². The molecule has 0 saturated heterocycles. The van der Waals surface area contributed by atoms with Crippen LogP contribution in [0.4, 0.5) is 5.69 Å². The topological polar surface area (TPSA) is 81.8 Å². The summed E-state index contributed by atoms with van der Waals surface area (Å²) in [7, 11) is 0. The summed E-state index contributed by atoms with van der Waals surface area (Å²) in [6.45, 7) is 1.73. The Balaban J connectivity index is 2.05. The summed E-state index contributed by atoms with van der Waals surface area (Å²) < 4.78 is 0. The van der Waals surface area contributed by atoms with Crippen molar-refractivity contribution in [3.63, 3.8) is 0 Å². The van der Waals surface area contributed by atoms with Gasteiger partial charge in [-0.2, -0.15) is 0 Å². The Hall–Kier alpha value is -2.54. The van der Waals surface area contributed by atoms with Crippen LogP contribution in [0.5, 0.6) is 0 Å². The molecule has 6 nitrogen and oxygen atoms in total. The van der Waals surface area contributed by atoms with Crippen LogP contribution in [0.25, 0.3) is 0 Å². The molecule has 7 heteroatoms. The Morgan fingerprint density at radius 3 is 2.55 bits per heavy atom. The quantitative estimate of drug-likeness (QED) is 0.374. The maximum atomic E-state index is 11.7. The van der Waals surface area contributed by atoms with Gasteiger partial charge in [0, 0.05) is 12.1 Å². The van der Waals surface area contributed by atoms with Crippen molar-refractivity contribution in [2.75, 3.05) is 0 Å². The SMILES string of the molecule is C/C(=N/OC(=O)c1ccc([N+](=O)[O-])cc1)c1cccs1. The van der Waals surface area contributed by atoms with Crippen LogP contribution in [0, 0.1) is 10.1 Å². The molecule has 2 rings (SSSR count). The molecule has 1 aromatic carbocycles. The van der Waals surface area contributed by atoms with Gasteiger partial charge in [0.2, 0.25) is 0 Å². The van der Waals surface area contributed by atoms with E-state index < -0.39 is 10.9 Å². The third-order valence-corrected chi connectivity index (χ3v) is 3.44. The minimum absolute atomic E-state index is 0.0835. The highest BCUT2D eigenvalue weighted by molar-refractivity contribution is 7.12. The first-order valence-electron chi connectivity index (χ1n) is 5.62. The number of hydrogen-bond acceptors (Lipinski definition) is 6. The predicted octanol–water partition coefficient (Wildman–Crippen LogP) is 3.24. The van der Waals surface area contributed by atoms with E-state index in [0.717, 1.165) is 4.88 Å². The van der Waals surface area contributed by atoms with Gasteiger partial charge in [-0.25, -0.2) is 4.79 Å². The van der Waals surface area contributed by atoms with Crippen LogP contribution in [-0.2, 0) is 4.84 Å². The van der Waals surface area contributed by atoms with Crippen LogP contribution in [-0.4, -0.2) is 16.6 Å². The van der Waals surface area contributed by atoms with E-state index in [1.165, 1.54) is 35.6 Å². The molecule has 0 amide bonds. The van der Waals surface area contributed by atoms with E-state index in [0.29, 0.717) is 5.71 Å². The van der Waals surface area contributed by atoms with Crippen LogP contribution >= 0.6 is 11.3 Å². The molecule has 0 N–H and O–H groups in total. The molecule has 0 unspecified atom stereocenters. The smallest absolute Gasteiger partial charge is 0.313 e. The maximum Gasteiger partial charge on any atom is 0.365 e. The third-order valence-electron chi connectivity index (χ3n) is 2.46. The molecule has 0 aliphatic rings. The molecule has 0 fully saturated rings. The normalized spacial score (nSPS) is 11.2. The molecular weight excluding hydrogens is 280 g/mol. The highest BCUT2D eigenvalue weighted by atomic mass is 32.1. The Morgan fingerprint density at radius 2 is 2.00 bits per heavy atom. The molecule has 102 valence electrons. The number of carbonyl (C=O) groups is 1. The van der Waals surface area contributed by atoms with E-state index in [1.807, 2.05) is 17.5 Å². The lowest BCUT2D eigenvalue weighted by molar-refractivity contribution is -0.384. The first-order valence-corrected chi connectivity index (χ1v) is 6.50. The molecule has 0 saturated carbocycles. The number of thiophene rings is 1. The molecule has 1 aromatic heterocycles. The predicted molar refractivity (Wildman–Crippen MR) is 75.0 cm³/mol. The van der Waals surface area contributed by atoms with Crippen LogP contribution in [0.3, 0.4) is 0 Å². The van der Waals surface area contributed by atoms with Crippen LogP contribution in [0.2, 0.25) is 0 Å². The second-order valence-corrected chi connectivity index (χ2v) is 4.78. The number of nitro groups is 1. The molecular formula is C13H10N2O4S. The first kappa shape index (κ1) is 13.9. The van der Waals surface area contributed by atoms with Crippen molar-refractivity contribution in [3.05, 3.63) is 62.3 Å². The summed E-state index contributed by atoms with van der Waals surface area (Å²) in [6.07, 6.45) is 0. The number of carbonyl (C=O) groups excluding carboxylic acids is 1. The standard InChI is InChI=1S/C13H10N2O4S/c1-9(12-3-2-8-20-12)14-19-13(16)10-4-6-11(7-5-10)15(17)18/h2-8H,1H3/b14-9-. The van der Waals surface area contributed by atoms with E-state index in [9.17, 15) is 14.9 Å². The van der Waals surface area contributed by atoms with E-state index in [-0.39, 0.29) is 11.3 Å². The molecule has 2 aromatic rings. The van der Waals surface area contributed by atoms with Crippen LogP contribution < -0.4 is 0 Å². The molecule has 0 atom stereocenters. The van der Waals surface area contributed by atoms with Crippen LogP contribution in [0.15, 0.2) is 46.9 Å². The summed E-state index contributed by atoms with van der Waals surface area (Å²) in [5.74, 6) is -0.657. The molecule has 0 bridgehead atoms. The van der Waals surface area contributed by atoms with Gasteiger partial charge in [-0.1, -0.05) is 11.2 Å². The fourth-order valence-electron chi connectivity index (χ4n) is 1.41. The second-order valence-electron chi connectivity index (χ2n) is 3.84. The van der Waals surface area contributed by atoms with Crippen molar-refractivity contribution >= 4 is 28.7 Å². The van der Waals surface area contributed by atoms with Crippen molar-refractivity contribution in [2.24, 2.45) is 5.16 Å². The minimum Gasteiger partial charge on any atom is -0.313 e. The highest BCUT2D eigenvalue weighted by Gasteiger charge is 2.11. The van der Waals surface area contributed by atoms with E-state index in [2.05, 4.69) is 5.16 Å². The fourth-order valence-corrected chi connectivity index (χ4v) is 2.08. The van der Waals surface area contributed by atoms with E-state index >= 15 is 0 Å². The largest absolute Gasteiger partial charge is 0.365 e. The Morgan fingerprint density at radius 1 is 1.30 bits per heavy atom. The lowest BCUT2D eigenvalue weighted by Crippen LogP contribution is -2.03. The molecule has 0 aliphatic carbocycles. The molecule has 0 radical (unpaired) electrons. The zero-order valence-corrected chi connectivity index (χ0v) is 11.3. The average molecular weight is 290 g/mol. The zero-order chi connectivity index (χ0) is 14.5. The van der Waals surface area contributed by atoms with Gasteiger partial charge >= 0.3 is 5.97 Å². The van der Waals surface area contributed by atoms with Crippen LogP contribution in [0.1, 0.15) is 22.2 Å². The lowest BCUT2D eigenvalue weighted by atomic mass is 10.2. The maximum absolute atomic E-state index is 11.7. The van der Waals surface area contributed by atoms with Gasteiger partial charge in [0.15, 0.2) is 0 Å². The summed E-state index contributed by atoms with van der Waals surface area (Å²) in [6, 6.07) is 8.88. The number of rotatable bonds is 4. The highest BCUT2D eigenvalue weighted by Crippen LogP contribution is 2.13. The number of oxime groups is 1. The average Bonchev–Trinajstić information content (AvgIpc) is 2.98. The summed E-state index contributed by atoms with van der Waals surface area (Å²) in [5, 5.41) is 16.1. The number of non-ortho nitro benzene ring substituents is 1. The molecule has 1 heterocycles. The third kappa shape index (κ3) is 3.27. The van der Waals surface area contributed by atoms with Crippen molar-refractivity contribution < 1.29 is 14.6 Å². The first-order chi connectivity index (χ1) is 9.58. The number of benzene rings is 1. The summed E-state index contributed by atoms with van der Waals surface area (Å²) in [5.41, 5.74) is 0.716. The van der Waals surface area contributed by atoms with Crippen molar-refractivity contribution in [1.29, 1.82) is 0 Å². The van der Waals surface area contributed by atoms with E-state index in [4.69, 9.17) is 4.84 Å². The van der Waals surface area contributed by atoms with Crippen molar-refractivity contribution in [1.82, 2.24) is 0 Å². The van der Waals surface area contributed by atoms with Crippen molar-refractivity contribution in [2.45, 2.75) is 6.92 Å².